The van der Waals surface area contributed by atoms with Crippen LogP contribution in [-0.4, -0.2) is 33.4 Å². The Balaban J connectivity index is 1.78. The molecule has 0 aromatic heterocycles. The molecule has 0 atom stereocenters. The lowest BCUT2D eigenvalue weighted by Gasteiger charge is -2.09. The Labute approximate surface area is 163 Å². The molecule has 0 saturated carbocycles. The van der Waals surface area contributed by atoms with Crippen LogP contribution in [0.1, 0.15) is 25.3 Å². The summed E-state index contributed by atoms with van der Waals surface area (Å²) in [6.45, 7) is 2.90. The summed E-state index contributed by atoms with van der Waals surface area (Å²) in [5.74, 6) is -1.68. The average Bonchev–Trinajstić information content (AvgIpc) is 2.65. The van der Waals surface area contributed by atoms with E-state index in [-0.39, 0.29) is 4.90 Å². The highest BCUT2D eigenvalue weighted by Gasteiger charge is 2.16. The third-order valence-electron chi connectivity index (χ3n) is 3.76. The van der Waals surface area contributed by atoms with Crippen molar-refractivity contribution in [3.63, 3.8) is 0 Å². The normalized spacial score (nSPS) is 11.3. The molecule has 9 heteroatoms. The molecule has 2 aromatic rings. The molecule has 0 heterocycles. The van der Waals surface area contributed by atoms with Crippen LogP contribution in [-0.2, 0) is 24.3 Å². The van der Waals surface area contributed by atoms with Gasteiger partial charge in [0.25, 0.3) is 5.91 Å². The van der Waals surface area contributed by atoms with Crippen LogP contribution in [0.2, 0.25) is 0 Å². The number of anilines is 1. The van der Waals surface area contributed by atoms with Crippen LogP contribution in [0.25, 0.3) is 0 Å². The van der Waals surface area contributed by atoms with Gasteiger partial charge in [-0.1, -0.05) is 26.0 Å². The summed E-state index contributed by atoms with van der Waals surface area (Å²) < 4.78 is 43.6. The number of nitrogens with one attached hydrogen (secondary N) is 2. The minimum atomic E-state index is -3.99. The average molecular weight is 408 g/mol. The van der Waals surface area contributed by atoms with Gasteiger partial charge in [0.1, 0.15) is 12.4 Å². The molecule has 0 aliphatic rings. The number of esters is 1. The Hall–Kier alpha value is -2.78. The summed E-state index contributed by atoms with van der Waals surface area (Å²) in [6, 6.07) is 11.4. The molecule has 150 valence electrons. The molecule has 0 saturated heterocycles. The van der Waals surface area contributed by atoms with Crippen molar-refractivity contribution in [2.24, 2.45) is 0 Å². The standard InChI is InChI=1S/C19H21FN2O5S/c1-13(2)14-3-7-16(8-4-14)22-18(23)12-27-19(24)11-21-28(25,26)17-9-5-15(20)6-10-17/h3-10,13,21H,11-12H2,1-2H3,(H,22,23). The Bertz CT molecular complexity index is 926. The smallest absolute Gasteiger partial charge is 0.321 e. The maximum atomic E-state index is 12.8. The van der Waals surface area contributed by atoms with E-state index in [1.165, 1.54) is 0 Å². The summed E-state index contributed by atoms with van der Waals surface area (Å²) in [7, 11) is -3.99. The number of ether oxygens (including phenoxy) is 1. The van der Waals surface area contributed by atoms with E-state index < -0.39 is 40.9 Å². The molecule has 0 spiro atoms. The quantitative estimate of drug-likeness (QED) is 0.653. The number of sulfonamides is 1. The Morgan fingerprint density at radius 3 is 2.21 bits per heavy atom. The van der Waals surface area contributed by atoms with Gasteiger partial charge in [0.05, 0.1) is 4.90 Å². The highest BCUT2D eigenvalue weighted by atomic mass is 32.2. The number of halogens is 1. The lowest BCUT2D eigenvalue weighted by atomic mass is 10.0. The number of hydrogen-bond acceptors (Lipinski definition) is 5. The number of carbonyl (C=O) groups is 2. The number of carbonyl (C=O) groups excluding carboxylic acids is 2. The minimum absolute atomic E-state index is 0.190. The van der Waals surface area contributed by atoms with E-state index >= 15 is 0 Å². The van der Waals surface area contributed by atoms with Gasteiger partial charge in [0, 0.05) is 5.69 Å². The molecule has 7 nitrogen and oxygen atoms in total. The Morgan fingerprint density at radius 1 is 1.04 bits per heavy atom. The molecule has 2 rings (SSSR count). The summed E-state index contributed by atoms with van der Waals surface area (Å²) >= 11 is 0. The lowest BCUT2D eigenvalue weighted by Crippen LogP contribution is -2.32. The van der Waals surface area contributed by atoms with E-state index in [4.69, 9.17) is 4.74 Å². The first kappa shape index (κ1) is 21.5. The van der Waals surface area contributed by atoms with Crippen molar-refractivity contribution in [3.8, 4) is 0 Å². The van der Waals surface area contributed by atoms with Gasteiger partial charge in [-0.3, -0.25) is 9.59 Å². The zero-order valence-electron chi connectivity index (χ0n) is 15.4. The van der Waals surface area contributed by atoms with Gasteiger partial charge < -0.3 is 10.1 Å². The molecule has 2 N–H and O–H groups in total. The topological polar surface area (TPSA) is 102 Å². The number of rotatable bonds is 8. The zero-order valence-corrected chi connectivity index (χ0v) is 16.3. The van der Waals surface area contributed by atoms with Gasteiger partial charge >= 0.3 is 5.97 Å². The molecule has 0 bridgehead atoms. The molecule has 0 radical (unpaired) electrons. The second kappa shape index (κ2) is 9.43. The molecule has 0 unspecified atom stereocenters. The number of hydrogen-bond donors (Lipinski definition) is 2. The van der Waals surface area contributed by atoms with Crippen LogP contribution >= 0.6 is 0 Å². The van der Waals surface area contributed by atoms with Gasteiger partial charge in [-0.25, -0.2) is 12.8 Å². The molecular formula is C19H21FN2O5S. The van der Waals surface area contributed by atoms with Crippen LogP contribution < -0.4 is 10.0 Å². The number of amides is 1. The van der Waals surface area contributed by atoms with Gasteiger partial charge in [-0.2, -0.15) is 4.72 Å². The van der Waals surface area contributed by atoms with Gasteiger partial charge in [0.2, 0.25) is 10.0 Å². The van der Waals surface area contributed by atoms with Crippen LogP contribution in [0.5, 0.6) is 0 Å². The second-order valence-corrected chi connectivity index (χ2v) is 8.03. The van der Waals surface area contributed by atoms with Crippen LogP contribution in [0, 0.1) is 5.82 Å². The molecule has 0 fully saturated rings. The molecule has 28 heavy (non-hydrogen) atoms. The summed E-state index contributed by atoms with van der Waals surface area (Å²) in [6.07, 6.45) is 0. The highest BCUT2D eigenvalue weighted by molar-refractivity contribution is 7.89. The van der Waals surface area contributed by atoms with E-state index in [1.54, 1.807) is 12.1 Å². The maximum absolute atomic E-state index is 12.8. The third-order valence-corrected chi connectivity index (χ3v) is 5.17. The number of benzene rings is 2. The summed E-state index contributed by atoms with van der Waals surface area (Å²) in [5.41, 5.74) is 1.68. The molecule has 2 aromatic carbocycles. The van der Waals surface area contributed by atoms with Crippen molar-refractivity contribution in [2.45, 2.75) is 24.7 Å². The fraction of sp³-hybridized carbons (Fsp3) is 0.263. The maximum Gasteiger partial charge on any atom is 0.321 e. The van der Waals surface area contributed by atoms with Crippen LogP contribution in [0.4, 0.5) is 10.1 Å². The van der Waals surface area contributed by atoms with Crippen molar-refractivity contribution in [1.29, 1.82) is 0 Å². The molecule has 1 amide bonds. The van der Waals surface area contributed by atoms with Crippen LogP contribution in [0.15, 0.2) is 53.4 Å². The van der Waals surface area contributed by atoms with E-state index in [1.807, 2.05) is 16.9 Å². The van der Waals surface area contributed by atoms with Crippen molar-refractivity contribution >= 4 is 27.6 Å². The highest BCUT2D eigenvalue weighted by Crippen LogP contribution is 2.17. The van der Waals surface area contributed by atoms with Gasteiger partial charge in [-0.05, 0) is 47.9 Å². The van der Waals surface area contributed by atoms with Crippen molar-refractivity contribution < 1.29 is 27.1 Å². The lowest BCUT2D eigenvalue weighted by molar-refractivity contribution is -0.146. The first-order valence-corrected chi connectivity index (χ1v) is 9.96. The van der Waals surface area contributed by atoms with Crippen molar-refractivity contribution in [3.05, 3.63) is 59.9 Å². The van der Waals surface area contributed by atoms with Crippen molar-refractivity contribution in [1.82, 2.24) is 4.72 Å². The SMILES string of the molecule is CC(C)c1ccc(NC(=O)COC(=O)CNS(=O)(=O)c2ccc(F)cc2)cc1. The monoisotopic (exact) mass is 408 g/mol. The van der Waals surface area contributed by atoms with E-state index in [0.717, 1.165) is 29.8 Å². The van der Waals surface area contributed by atoms with E-state index in [0.29, 0.717) is 11.6 Å². The first-order valence-electron chi connectivity index (χ1n) is 8.48. The molecule has 0 aliphatic heterocycles. The Morgan fingerprint density at radius 2 is 1.64 bits per heavy atom. The van der Waals surface area contributed by atoms with Crippen molar-refractivity contribution in [2.75, 3.05) is 18.5 Å². The molecule has 0 aliphatic carbocycles. The fourth-order valence-corrected chi connectivity index (χ4v) is 3.17. The largest absolute Gasteiger partial charge is 0.455 e. The summed E-state index contributed by atoms with van der Waals surface area (Å²) in [4.78, 5) is 23.3. The third kappa shape index (κ3) is 6.43. The summed E-state index contributed by atoms with van der Waals surface area (Å²) in [5, 5.41) is 2.58. The second-order valence-electron chi connectivity index (χ2n) is 6.26. The first-order chi connectivity index (χ1) is 13.2. The zero-order chi connectivity index (χ0) is 20.7. The van der Waals surface area contributed by atoms with Gasteiger partial charge in [-0.15, -0.1) is 0 Å². The Kier molecular flexibility index (Phi) is 7.24. The van der Waals surface area contributed by atoms with E-state index in [2.05, 4.69) is 19.2 Å². The minimum Gasteiger partial charge on any atom is -0.455 e. The molecular weight excluding hydrogens is 387 g/mol. The predicted molar refractivity (Wildman–Crippen MR) is 102 cm³/mol. The fourth-order valence-electron chi connectivity index (χ4n) is 2.20. The van der Waals surface area contributed by atoms with Gasteiger partial charge in [0.15, 0.2) is 6.61 Å². The van der Waals surface area contributed by atoms with E-state index in [9.17, 15) is 22.4 Å². The van der Waals surface area contributed by atoms with Crippen LogP contribution in [0.3, 0.4) is 0 Å². The predicted octanol–water partition coefficient (Wildman–Crippen LogP) is 2.41.